The van der Waals surface area contributed by atoms with Crippen molar-refractivity contribution < 1.29 is 14.9 Å². The van der Waals surface area contributed by atoms with E-state index in [1.54, 1.807) is 6.07 Å². The molecule has 3 aromatic rings. The number of ether oxygens (including phenoxy) is 1. The smallest absolute Gasteiger partial charge is 0.200 e. The Balaban J connectivity index is 1.62. The molecule has 2 heterocycles. The molecule has 0 aliphatic carbocycles. The zero-order valence-electron chi connectivity index (χ0n) is 16.4. The van der Waals surface area contributed by atoms with Gasteiger partial charge < -0.3 is 24.8 Å². The number of aromatic nitrogens is 2. The number of piperazine rings is 1. The molecule has 1 saturated heterocycles. The van der Waals surface area contributed by atoms with Crippen LogP contribution in [0.5, 0.6) is 17.2 Å². The fourth-order valence-corrected chi connectivity index (χ4v) is 3.71. The van der Waals surface area contributed by atoms with E-state index in [9.17, 15) is 10.2 Å². The highest BCUT2D eigenvalue weighted by molar-refractivity contribution is 5.83. The van der Waals surface area contributed by atoms with Gasteiger partial charge >= 0.3 is 0 Å². The van der Waals surface area contributed by atoms with E-state index in [4.69, 9.17) is 4.74 Å². The highest BCUT2D eigenvalue weighted by Crippen LogP contribution is 2.39. The van der Waals surface area contributed by atoms with Crippen LogP contribution < -0.4 is 9.64 Å². The average Bonchev–Trinajstić information content (AvgIpc) is 3.13. The number of rotatable bonds is 4. The van der Waals surface area contributed by atoms with Crippen molar-refractivity contribution in [1.82, 2.24) is 14.9 Å². The number of H-pyrrole nitrogens is 1. The molecular formula is C21H26N4O3. The van der Waals surface area contributed by atoms with Crippen LogP contribution in [0.15, 0.2) is 30.3 Å². The molecule has 0 radical (unpaired) electrons. The molecule has 0 saturated carbocycles. The summed E-state index contributed by atoms with van der Waals surface area (Å²) in [7, 11) is 1.45. The summed E-state index contributed by atoms with van der Waals surface area (Å²) in [6.45, 7) is 8.63. The largest absolute Gasteiger partial charge is 0.504 e. The van der Waals surface area contributed by atoms with Crippen LogP contribution in [0.1, 0.15) is 13.8 Å². The van der Waals surface area contributed by atoms with Crippen LogP contribution in [-0.4, -0.2) is 64.4 Å². The molecule has 1 aliphatic rings. The number of aromatic amines is 1. The monoisotopic (exact) mass is 382 g/mol. The maximum Gasteiger partial charge on any atom is 0.200 e. The minimum absolute atomic E-state index is 0.208. The zero-order valence-corrected chi connectivity index (χ0v) is 16.4. The number of hydrogen-bond acceptors (Lipinski definition) is 6. The van der Waals surface area contributed by atoms with Gasteiger partial charge in [-0.1, -0.05) is 0 Å². The maximum absolute atomic E-state index is 9.94. The van der Waals surface area contributed by atoms with Crippen molar-refractivity contribution in [2.24, 2.45) is 0 Å². The predicted molar refractivity (Wildman–Crippen MR) is 110 cm³/mol. The van der Waals surface area contributed by atoms with Gasteiger partial charge in [0.05, 0.1) is 18.1 Å². The molecule has 1 fully saturated rings. The minimum atomic E-state index is -0.273. The van der Waals surface area contributed by atoms with Gasteiger partial charge in [0.2, 0.25) is 5.75 Å². The van der Waals surface area contributed by atoms with Crippen LogP contribution >= 0.6 is 0 Å². The Bertz CT molecular complexity index is 991. The van der Waals surface area contributed by atoms with Crippen molar-refractivity contribution >= 4 is 16.7 Å². The molecule has 0 spiro atoms. The molecule has 28 heavy (non-hydrogen) atoms. The molecular weight excluding hydrogens is 356 g/mol. The van der Waals surface area contributed by atoms with E-state index in [0.717, 1.165) is 37.2 Å². The summed E-state index contributed by atoms with van der Waals surface area (Å²) in [5, 5.41) is 19.8. The first-order chi connectivity index (χ1) is 13.5. The summed E-state index contributed by atoms with van der Waals surface area (Å²) in [4.78, 5) is 12.8. The lowest BCUT2D eigenvalue weighted by Gasteiger charge is -2.38. The Kier molecular flexibility index (Phi) is 4.77. The molecule has 0 amide bonds. The Morgan fingerprint density at radius 2 is 1.82 bits per heavy atom. The quantitative estimate of drug-likeness (QED) is 0.601. The van der Waals surface area contributed by atoms with E-state index in [-0.39, 0.29) is 17.2 Å². The number of methoxy groups -OCH3 is 1. The van der Waals surface area contributed by atoms with Crippen LogP contribution in [0.25, 0.3) is 22.4 Å². The fourth-order valence-electron chi connectivity index (χ4n) is 3.71. The van der Waals surface area contributed by atoms with E-state index in [2.05, 4.69) is 45.7 Å². The normalized spacial score (nSPS) is 15.5. The second-order valence-electron chi connectivity index (χ2n) is 7.45. The van der Waals surface area contributed by atoms with Crippen LogP contribution in [0, 0.1) is 0 Å². The summed E-state index contributed by atoms with van der Waals surface area (Å²) in [6, 6.07) is 9.94. The third kappa shape index (κ3) is 3.33. The van der Waals surface area contributed by atoms with Crippen molar-refractivity contribution in [3.05, 3.63) is 30.3 Å². The first-order valence-corrected chi connectivity index (χ1v) is 9.55. The highest BCUT2D eigenvalue weighted by atomic mass is 16.5. The lowest BCUT2D eigenvalue weighted by molar-refractivity contribution is 0.209. The molecule has 7 nitrogen and oxygen atoms in total. The number of anilines is 1. The first-order valence-electron chi connectivity index (χ1n) is 9.55. The second-order valence-corrected chi connectivity index (χ2v) is 7.45. The third-order valence-electron chi connectivity index (χ3n) is 5.42. The predicted octanol–water partition coefficient (Wildman–Crippen LogP) is 3.18. The number of nitrogens with one attached hydrogen (secondary N) is 1. The summed E-state index contributed by atoms with van der Waals surface area (Å²) in [5.74, 6) is 0.313. The van der Waals surface area contributed by atoms with E-state index >= 15 is 0 Å². The Hall–Kier alpha value is -2.93. The van der Waals surface area contributed by atoms with Gasteiger partial charge in [-0.15, -0.1) is 0 Å². The molecule has 3 N–H and O–H groups in total. The van der Waals surface area contributed by atoms with Crippen LogP contribution in [0.3, 0.4) is 0 Å². The van der Waals surface area contributed by atoms with Gasteiger partial charge in [-0.05, 0) is 44.2 Å². The number of hydrogen-bond donors (Lipinski definition) is 3. The van der Waals surface area contributed by atoms with Crippen LogP contribution in [-0.2, 0) is 0 Å². The van der Waals surface area contributed by atoms with Gasteiger partial charge in [0.1, 0.15) is 5.82 Å². The number of phenolic OH excluding ortho intramolecular Hbond substituents is 2. The molecule has 0 atom stereocenters. The van der Waals surface area contributed by atoms with Crippen molar-refractivity contribution in [1.29, 1.82) is 0 Å². The molecule has 0 unspecified atom stereocenters. The van der Waals surface area contributed by atoms with E-state index in [1.165, 1.54) is 18.9 Å². The summed E-state index contributed by atoms with van der Waals surface area (Å²) in [5.41, 5.74) is 3.61. The summed E-state index contributed by atoms with van der Waals surface area (Å²) in [6.07, 6.45) is 0. The highest BCUT2D eigenvalue weighted by Gasteiger charge is 2.20. The van der Waals surface area contributed by atoms with E-state index in [1.807, 2.05) is 6.07 Å². The molecule has 1 aromatic heterocycles. The summed E-state index contributed by atoms with van der Waals surface area (Å²) >= 11 is 0. The number of fused-ring (bicyclic) bond motifs is 1. The third-order valence-corrected chi connectivity index (χ3v) is 5.42. The lowest BCUT2D eigenvalue weighted by Crippen LogP contribution is -2.48. The number of nitrogens with zero attached hydrogens (tertiary/aromatic N) is 3. The van der Waals surface area contributed by atoms with Crippen molar-refractivity contribution in [3.8, 4) is 28.6 Å². The van der Waals surface area contributed by atoms with E-state index < -0.39 is 0 Å². The van der Waals surface area contributed by atoms with Crippen molar-refractivity contribution in [3.63, 3.8) is 0 Å². The fraction of sp³-hybridized carbons (Fsp3) is 0.381. The van der Waals surface area contributed by atoms with Gasteiger partial charge in [-0.3, -0.25) is 4.90 Å². The zero-order chi connectivity index (χ0) is 19.8. The van der Waals surface area contributed by atoms with Gasteiger partial charge in [-0.2, -0.15) is 0 Å². The molecule has 4 rings (SSSR count). The molecule has 2 aromatic carbocycles. The number of imidazole rings is 1. The topological polar surface area (TPSA) is 84.9 Å². The minimum Gasteiger partial charge on any atom is -0.504 e. The van der Waals surface area contributed by atoms with Crippen LogP contribution in [0.4, 0.5) is 5.69 Å². The molecule has 7 heteroatoms. The molecule has 0 bridgehead atoms. The Morgan fingerprint density at radius 3 is 2.50 bits per heavy atom. The van der Waals surface area contributed by atoms with Gasteiger partial charge in [0, 0.05) is 43.5 Å². The molecule has 1 aliphatic heterocycles. The summed E-state index contributed by atoms with van der Waals surface area (Å²) < 4.78 is 5.12. The number of benzene rings is 2. The number of phenols is 2. The average molecular weight is 382 g/mol. The second kappa shape index (κ2) is 7.24. The van der Waals surface area contributed by atoms with Crippen LogP contribution in [0.2, 0.25) is 0 Å². The van der Waals surface area contributed by atoms with Gasteiger partial charge in [0.25, 0.3) is 0 Å². The van der Waals surface area contributed by atoms with Crippen molar-refractivity contribution in [2.75, 3.05) is 38.2 Å². The molecule has 148 valence electrons. The van der Waals surface area contributed by atoms with Gasteiger partial charge in [-0.25, -0.2) is 4.98 Å². The lowest BCUT2D eigenvalue weighted by atomic mass is 10.1. The Morgan fingerprint density at radius 1 is 1.07 bits per heavy atom. The first kappa shape index (κ1) is 18.4. The van der Waals surface area contributed by atoms with E-state index in [0.29, 0.717) is 17.4 Å². The SMILES string of the molecule is COc1cc(-c2nc3ccc(N4CCN(C(C)C)CC4)cc3[nH]2)cc(O)c1O. The number of aromatic hydroxyl groups is 2. The van der Waals surface area contributed by atoms with Crippen molar-refractivity contribution in [2.45, 2.75) is 19.9 Å². The van der Waals surface area contributed by atoms with Gasteiger partial charge in [0.15, 0.2) is 11.5 Å². The standard InChI is InChI=1S/C21H26N4O3/c1-13(2)24-6-8-25(9-7-24)15-4-5-16-17(12-15)23-21(22-16)14-10-18(26)20(27)19(11-14)28-3/h4-5,10-13,26-27H,6-9H2,1-3H3,(H,22,23). The Labute approximate surface area is 164 Å². The maximum atomic E-state index is 9.94.